The molecule has 4 heteroatoms. The average Bonchev–Trinajstić information content (AvgIpc) is 2.52. The predicted molar refractivity (Wildman–Crippen MR) is 80.8 cm³/mol. The molecular weight excluding hydrogens is 252 g/mol. The zero-order chi connectivity index (χ0) is 14.6. The highest BCUT2D eigenvalue weighted by molar-refractivity contribution is 5.86. The van der Waals surface area contributed by atoms with Gasteiger partial charge in [0.2, 0.25) is 5.91 Å². The Hall–Kier alpha value is -1.55. The van der Waals surface area contributed by atoms with Crippen molar-refractivity contribution in [1.29, 1.82) is 0 Å². The van der Waals surface area contributed by atoms with Crippen LogP contribution in [0.3, 0.4) is 0 Å². The summed E-state index contributed by atoms with van der Waals surface area (Å²) < 4.78 is 0. The molecule has 1 aliphatic rings. The SMILES string of the molecule is CCC(CC)(CO)NC(=O)C1CCNc2ccccc21. The molecule has 0 aromatic heterocycles. The van der Waals surface area contributed by atoms with E-state index < -0.39 is 5.54 Å². The monoisotopic (exact) mass is 276 g/mol. The summed E-state index contributed by atoms with van der Waals surface area (Å²) in [6, 6.07) is 7.95. The van der Waals surface area contributed by atoms with Gasteiger partial charge in [-0.15, -0.1) is 0 Å². The minimum Gasteiger partial charge on any atom is -0.394 e. The molecule has 1 unspecified atom stereocenters. The lowest BCUT2D eigenvalue weighted by Gasteiger charge is -2.34. The summed E-state index contributed by atoms with van der Waals surface area (Å²) in [6.45, 7) is 4.78. The van der Waals surface area contributed by atoms with Gasteiger partial charge in [-0.1, -0.05) is 32.0 Å². The maximum Gasteiger partial charge on any atom is 0.228 e. The summed E-state index contributed by atoms with van der Waals surface area (Å²) in [7, 11) is 0. The summed E-state index contributed by atoms with van der Waals surface area (Å²) in [4.78, 5) is 12.6. The first-order valence-corrected chi connectivity index (χ1v) is 7.41. The second kappa shape index (κ2) is 6.27. The number of carbonyl (C=O) groups excluding carboxylic acids is 1. The smallest absolute Gasteiger partial charge is 0.228 e. The maximum absolute atomic E-state index is 12.6. The molecule has 4 nitrogen and oxygen atoms in total. The summed E-state index contributed by atoms with van der Waals surface area (Å²) in [6.07, 6.45) is 2.26. The van der Waals surface area contributed by atoms with Crippen molar-refractivity contribution in [2.75, 3.05) is 18.5 Å². The van der Waals surface area contributed by atoms with Crippen LogP contribution < -0.4 is 10.6 Å². The first-order chi connectivity index (χ1) is 9.65. The van der Waals surface area contributed by atoms with Crippen LogP contribution in [0.4, 0.5) is 5.69 Å². The molecule has 1 heterocycles. The van der Waals surface area contributed by atoms with Crippen molar-refractivity contribution < 1.29 is 9.90 Å². The number of rotatable bonds is 5. The average molecular weight is 276 g/mol. The van der Waals surface area contributed by atoms with E-state index in [1.54, 1.807) is 0 Å². The van der Waals surface area contributed by atoms with Crippen molar-refractivity contribution in [2.45, 2.75) is 44.6 Å². The van der Waals surface area contributed by atoms with Gasteiger partial charge in [0.05, 0.1) is 18.1 Å². The van der Waals surface area contributed by atoms with Gasteiger partial charge in [-0.05, 0) is 30.9 Å². The normalized spacial score (nSPS) is 18.1. The largest absolute Gasteiger partial charge is 0.394 e. The van der Waals surface area contributed by atoms with Gasteiger partial charge in [0.15, 0.2) is 0 Å². The highest BCUT2D eigenvalue weighted by Crippen LogP contribution is 2.32. The third-order valence-electron chi connectivity index (χ3n) is 4.45. The Kier molecular flexibility index (Phi) is 4.65. The molecule has 0 radical (unpaired) electrons. The Balaban J connectivity index is 2.19. The molecule has 1 aliphatic heterocycles. The van der Waals surface area contributed by atoms with Gasteiger partial charge >= 0.3 is 0 Å². The van der Waals surface area contributed by atoms with Gasteiger partial charge < -0.3 is 15.7 Å². The zero-order valence-electron chi connectivity index (χ0n) is 12.3. The molecule has 3 N–H and O–H groups in total. The van der Waals surface area contributed by atoms with Crippen LogP contribution in [0, 0.1) is 0 Å². The lowest BCUT2D eigenvalue weighted by molar-refractivity contribution is -0.125. The molecule has 20 heavy (non-hydrogen) atoms. The Morgan fingerprint density at radius 3 is 2.75 bits per heavy atom. The number of anilines is 1. The minimum atomic E-state index is -0.489. The van der Waals surface area contributed by atoms with Gasteiger partial charge in [-0.25, -0.2) is 0 Å². The van der Waals surface area contributed by atoms with Crippen molar-refractivity contribution in [3.63, 3.8) is 0 Å². The van der Waals surface area contributed by atoms with Crippen LogP contribution in [-0.4, -0.2) is 29.7 Å². The molecule has 2 rings (SSSR count). The quantitative estimate of drug-likeness (QED) is 0.773. The van der Waals surface area contributed by atoms with E-state index in [1.165, 1.54) is 0 Å². The molecular formula is C16H24N2O2. The number of aliphatic hydroxyl groups excluding tert-OH is 1. The molecule has 0 saturated heterocycles. The van der Waals surface area contributed by atoms with Gasteiger partial charge in [-0.2, -0.15) is 0 Å². The summed E-state index contributed by atoms with van der Waals surface area (Å²) in [5, 5.41) is 16.0. The van der Waals surface area contributed by atoms with Crippen LogP contribution in [0.15, 0.2) is 24.3 Å². The number of nitrogens with one attached hydrogen (secondary N) is 2. The lowest BCUT2D eigenvalue weighted by Crippen LogP contribution is -2.52. The molecule has 1 aromatic carbocycles. The molecule has 0 saturated carbocycles. The Labute approximate surface area is 120 Å². The fraction of sp³-hybridized carbons (Fsp3) is 0.562. The van der Waals surface area contributed by atoms with Gasteiger partial charge in [-0.3, -0.25) is 4.79 Å². The Morgan fingerprint density at radius 1 is 1.40 bits per heavy atom. The van der Waals surface area contributed by atoms with E-state index in [9.17, 15) is 9.90 Å². The van der Waals surface area contributed by atoms with Crippen LogP contribution in [0.5, 0.6) is 0 Å². The van der Waals surface area contributed by atoms with Crippen molar-refractivity contribution in [1.82, 2.24) is 5.32 Å². The van der Waals surface area contributed by atoms with Crippen molar-refractivity contribution in [3.8, 4) is 0 Å². The fourth-order valence-corrected chi connectivity index (χ4v) is 2.78. The first kappa shape index (κ1) is 14.9. The number of fused-ring (bicyclic) bond motifs is 1. The second-order valence-electron chi connectivity index (χ2n) is 5.49. The molecule has 1 atom stereocenters. The molecule has 0 fully saturated rings. The lowest BCUT2D eigenvalue weighted by atomic mass is 9.87. The first-order valence-electron chi connectivity index (χ1n) is 7.41. The van der Waals surface area contributed by atoms with E-state index in [0.29, 0.717) is 0 Å². The number of amides is 1. The topological polar surface area (TPSA) is 61.4 Å². The van der Waals surface area contributed by atoms with E-state index in [1.807, 2.05) is 38.1 Å². The van der Waals surface area contributed by atoms with Gasteiger partial charge in [0.25, 0.3) is 0 Å². The Morgan fingerprint density at radius 2 is 2.10 bits per heavy atom. The van der Waals surface area contributed by atoms with E-state index in [2.05, 4.69) is 10.6 Å². The van der Waals surface area contributed by atoms with Crippen LogP contribution in [0.25, 0.3) is 0 Å². The number of hydrogen-bond acceptors (Lipinski definition) is 3. The molecule has 110 valence electrons. The van der Waals surface area contributed by atoms with E-state index in [4.69, 9.17) is 0 Å². The summed E-state index contributed by atoms with van der Waals surface area (Å²) in [5.41, 5.74) is 1.61. The summed E-state index contributed by atoms with van der Waals surface area (Å²) >= 11 is 0. The van der Waals surface area contributed by atoms with Crippen molar-refractivity contribution >= 4 is 11.6 Å². The van der Waals surface area contributed by atoms with Crippen molar-refractivity contribution in [2.24, 2.45) is 0 Å². The molecule has 0 bridgehead atoms. The molecule has 1 aromatic rings. The standard InChI is InChI=1S/C16H24N2O2/c1-3-16(4-2,11-19)18-15(20)13-9-10-17-14-8-6-5-7-12(13)14/h5-8,13,17,19H,3-4,9-11H2,1-2H3,(H,18,20). The number of carbonyl (C=O) groups is 1. The minimum absolute atomic E-state index is 0.0155. The molecule has 0 aliphatic carbocycles. The molecule has 1 amide bonds. The van der Waals surface area contributed by atoms with Gasteiger partial charge in [0.1, 0.15) is 0 Å². The summed E-state index contributed by atoms with van der Waals surface area (Å²) in [5.74, 6) is -0.104. The maximum atomic E-state index is 12.6. The highest BCUT2D eigenvalue weighted by atomic mass is 16.3. The number of para-hydroxylation sites is 1. The highest BCUT2D eigenvalue weighted by Gasteiger charge is 2.32. The Bertz CT molecular complexity index is 461. The third-order valence-corrected chi connectivity index (χ3v) is 4.45. The zero-order valence-corrected chi connectivity index (χ0v) is 12.3. The number of benzene rings is 1. The van der Waals surface area contributed by atoms with E-state index in [-0.39, 0.29) is 18.4 Å². The second-order valence-corrected chi connectivity index (χ2v) is 5.49. The predicted octanol–water partition coefficient (Wildman–Crippen LogP) is 2.25. The van der Waals surface area contributed by atoms with Crippen LogP contribution in [0.2, 0.25) is 0 Å². The van der Waals surface area contributed by atoms with E-state index >= 15 is 0 Å². The van der Waals surface area contributed by atoms with Crippen LogP contribution in [0.1, 0.15) is 44.6 Å². The van der Waals surface area contributed by atoms with Crippen LogP contribution >= 0.6 is 0 Å². The van der Waals surface area contributed by atoms with Crippen LogP contribution in [-0.2, 0) is 4.79 Å². The van der Waals surface area contributed by atoms with Gasteiger partial charge in [0, 0.05) is 12.2 Å². The number of aliphatic hydroxyl groups is 1. The number of hydrogen-bond donors (Lipinski definition) is 3. The van der Waals surface area contributed by atoms with Crippen molar-refractivity contribution in [3.05, 3.63) is 29.8 Å². The van der Waals surface area contributed by atoms with E-state index in [0.717, 1.165) is 37.1 Å². The fourth-order valence-electron chi connectivity index (χ4n) is 2.78. The third kappa shape index (κ3) is 2.80. The molecule has 0 spiro atoms.